The predicted molar refractivity (Wildman–Crippen MR) is 77.5 cm³/mol. The summed E-state index contributed by atoms with van der Waals surface area (Å²) in [4.78, 5) is 2.20. The van der Waals surface area contributed by atoms with Gasteiger partial charge in [0.2, 0.25) is 0 Å². The van der Waals surface area contributed by atoms with Crippen molar-refractivity contribution in [1.29, 1.82) is 0 Å². The van der Waals surface area contributed by atoms with Gasteiger partial charge < -0.3 is 10.2 Å². The summed E-state index contributed by atoms with van der Waals surface area (Å²) >= 11 is 5.46. The van der Waals surface area contributed by atoms with Gasteiger partial charge in [0.25, 0.3) is 0 Å². The minimum Gasteiger partial charge on any atom is -0.359 e. The van der Waals surface area contributed by atoms with Gasteiger partial charge in [-0.1, -0.05) is 30.4 Å². The molecule has 0 radical (unpaired) electrons. The molecule has 0 aromatic heterocycles. The van der Waals surface area contributed by atoms with Crippen LogP contribution in [0.2, 0.25) is 0 Å². The summed E-state index contributed by atoms with van der Waals surface area (Å²) in [5.74, 6) is 0. The van der Waals surface area contributed by atoms with Crippen molar-refractivity contribution in [2.24, 2.45) is 0 Å². The summed E-state index contributed by atoms with van der Waals surface area (Å²) in [6.45, 7) is 8.82. The van der Waals surface area contributed by atoms with Crippen LogP contribution in [0.1, 0.15) is 19.4 Å². The van der Waals surface area contributed by atoms with Gasteiger partial charge in [-0.3, -0.25) is 0 Å². The van der Waals surface area contributed by atoms with Crippen LogP contribution in [-0.2, 0) is 6.42 Å². The van der Waals surface area contributed by atoms with Crippen LogP contribution in [0, 0.1) is 0 Å². The molecule has 0 aliphatic carbocycles. The van der Waals surface area contributed by atoms with Crippen molar-refractivity contribution >= 4 is 23.0 Å². The first-order chi connectivity index (χ1) is 8.09. The maximum Gasteiger partial charge on any atom is 0.173 e. The van der Waals surface area contributed by atoms with E-state index in [0.717, 1.165) is 23.7 Å². The SMILES string of the molecule is C=C(C)CNC(=S)N1c2ccccc2C[C@H]1C. The minimum atomic E-state index is 0.428. The maximum atomic E-state index is 5.46. The third-order valence-corrected chi connectivity index (χ3v) is 3.31. The average Bonchev–Trinajstić information content (AvgIpc) is 2.61. The van der Waals surface area contributed by atoms with Gasteiger partial charge in [-0.05, 0) is 44.1 Å². The largest absolute Gasteiger partial charge is 0.359 e. The molecule has 2 nitrogen and oxygen atoms in total. The minimum absolute atomic E-state index is 0.428. The van der Waals surface area contributed by atoms with Gasteiger partial charge in [-0.25, -0.2) is 0 Å². The second-order valence-corrected chi connectivity index (χ2v) is 5.05. The first-order valence-electron chi connectivity index (χ1n) is 5.89. The Morgan fingerprint density at radius 3 is 2.94 bits per heavy atom. The summed E-state index contributed by atoms with van der Waals surface area (Å²) in [6.07, 6.45) is 1.06. The highest BCUT2D eigenvalue weighted by atomic mass is 32.1. The van der Waals surface area contributed by atoms with E-state index < -0.39 is 0 Å². The predicted octanol–water partition coefficient (Wildman–Crippen LogP) is 2.89. The molecule has 1 heterocycles. The number of thiocarbonyl (C=S) groups is 1. The summed E-state index contributed by atoms with van der Waals surface area (Å²) < 4.78 is 0. The highest BCUT2D eigenvalue weighted by molar-refractivity contribution is 7.80. The van der Waals surface area contributed by atoms with Crippen molar-refractivity contribution in [1.82, 2.24) is 5.32 Å². The molecule has 2 rings (SSSR count). The van der Waals surface area contributed by atoms with Gasteiger partial charge in [0.15, 0.2) is 5.11 Å². The number of rotatable bonds is 2. The lowest BCUT2D eigenvalue weighted by molar-refractivity contribution is 0.761. The van der Waals surface area contributed by atoms with Crippen molar-refractivity contribution < 1.29 is 0 Å². The van der Waals surface area contributed by atoms with Crippen molar-refractivity contribution in [3.63, 3.8) is 0 Å². The molecule has 0 spiro atoms. The van der Waals surface area contributed by atoms with Crippen LogP contribution in [-0.4, -0.2) is 17.7 Å². The molecule has 0 bridgehead atoms. The molecule has 0 amide bonds. The molecule has 1 aromatic rings. The molecule has 0 unspecified atom stereocenters. The Morgan fingerprint density at radius 2 is 2.24 bits per heavy atom. The summed E-state index contributed by atoms with van der Waals surface area (Å²) in [7, 11) is 0. The lowest BCUT2D eigenvalue weighted by Crippen LogP contribution is -2.43. The molecule has 0 saturated carbocycles. The van der Waals surface area contributed by atoms with Crippen LogP contribution < -0.4 is 10.2 Å². The molecule has 3 heteroatoms. The van der Waals surface area contributed by atoms with Crippen LogP contribution in [0.25, 0.3) is 0 Å². The summed E-state index contributed by atoms with van der Waals surface area (Å²) in [5, 5.41) is 4.05. The molecule has 0 fully saturated rings. The van der Waals surface area contributed by atoms with E-state index in [2.05, 4.69) is 48.0 Å². The van der Waals surface area contributed by atoms with Gasteiger partial charge >= 0.3 is 0 Å². The molecule has 1 N–H and O–H groups in total. The van der Waals surface area contributed by atoms with E-state index in [4.69, 9.17) is 12.2 Å². The molecular weight excluding hydrogens is 228 g/mol. The van der Waals surface area contributed by atoms with Crippen molar-refractivity contribution in [2.45, 2.75) is 26.3 Å². The standard InChI is InChI=1S/C14H18N2S/c1-10(2)9-15-14(17)16-11(3)8-12-6-4-5-7-13(12)16/h4-7,11H,1,8-9H2,2-3H3,(H,15,17)/t11-/m1/s1. The number of hydrogen-bond acceptors (Lipinski definition) is 1. The van der Waals surface area contributed by atoms with Crippen LogP contribution in [0.5, 0.6) is 0 Å². The van der Waals surface area contributed by atoms with Gasteiger partial charge in [0.05, 0.1) is 0 Å². The fourth-order valence-corrected chi connectivity index (χ4v) is 2.54. The number of nitrogens with zero attached hydrogens (tertiary/aromatic N) is 1. The molecular formula is C14H18N2S. The monoisotopic (exact) mass is 246 g/mol. The van der Waals surface area contributed by atoms with Crippen LogP contribution in [0.3, 0.4) is 0 Å². The Bertz CT molecular complexity index is 453. The smallest absolute Gasteiger partial charge is 0.173 e. The van der Waals surface area contributed by atoms with Crippen molar-refractivity contribution in [2.75, 3.05) is 11.4 Å². The highest BCUT2D eigenvalue weighted by Crippen LogP contribution is 2.31. The molecule has 1 aliphatic heterocycles. The first kappa shape index (κ1) is 12.1. The quantitative estimate of drug-likeness (QED) is 0.638. The summed E-state index contributed by atoms with van der Waals surface area (Å²) in [6, 6.07) is 8.88. The Balaban J connectivity index is 2.16. The lowest BCUT2D eigenvalue weighted by Gasteiger charge is -2.26. The third kappa shape index (κ3) is 2.50. The van der Waals surface area contributed by atoms with E-state index in [0.29, 0.717) is 6.04 Å². The fraction of sp³-hybridized carbons (Fsp3) is 0.357. The number of hydrogen-bond donors (Lipinski definition) is 1. The van der Waals surface area contributed by atoms with E-state index >= 15 is 0 Å². The van der Waals surface area contributed by atoms with Gasteiger partial charge in [0.1, 0.15) is 0 Å². The molecule has 90 valence electrons. The van der Waals surface area contributed by atoms with E-state index in [1.54, 1.807) is 0 Å². The Kier molecular flexibility index (Phi) is 3.48. The third-order valence-electron chi connectivity index (χ3n) is 2.97. The zero-order chi connectivity index (χ0) is 12.4. The Morgan fingerprint density at radius 1 is 1.53 bits per heavy atom. The molecule has 0 saturated heterocycles. The maximum absolute atomic E-state index is 5.46. The van der Waals surface area contributed by atoms with E-state index in [1.165, 1.54) is 11.3 Å². The van der Waals surface area contributed by atoms with Crippen molar-refractivity contribution in [3.05, 3.63) is 42.0 Å². The Labute approximate surface area is 108 Å². The van der Waals surface area contributed by atoms with Gasteiger partial charge in [-0.2, -0.15) is 0 Å². The lowest BCUT2D eigenvalue weighted by atomic mass is 10.1. The highest BCUT2D eigenvalue weighted by Gasteiger charge is 2.28. The van der Waals surface area contributed by atoms with Gasteiger partial charge in [0, 0.05) is 18.3 Å². The van der Waals surface area contributed by atoms with E-state index in [1.807, 2.05) is 6.92 Å². The van der Waals surface area contributed by atoms with E-state index in [9.17, 15) is 0 Å². The molecule has 1 aromatic carbocycles. The zero-order valence-electron chi connectivity index (χ0n) is 10.4. The summed E-state index contributed by atoms with van der Waals surface area (Å²) in [5.41, 5.74) is 3.70. The first-order valence-corrected chi connectivity index (χ1v) is 6.29. The van der Waals surface area contributed by atoms with Gasteiger partial charge in [-0.15, -0.1) is 0 Å². The second kappa shape index (κ2) is 4.88. The van der Waals surface area contributed by atoms with Crippen molar-refractivity contribution in [3.8, 4) is 0 Å². The number of benzene rings is 1. The number of fused-ring (bicyclic) bond motifs is 1. The zero-order valence-corrected chi connectivity index (χ0v) is 11.2. The average molecular weight is 246 g/mol. The molecule has 1 aliphatic rings. The van der Waals surface area contributed by atoms with Crippen LogP contribution in [0.4, 0.5) is 5.69 Å². The topological polar surface area (TPSA) is 15.3 Å². The second-order valence-electron chi connectivity index (χ2n) is 4.67. The number of para-hydroxylation sites is 1. The Hall–Kier alpha value is -1.35. The molecule has 17 heavy (non-hydrogen) atoms. The van der Waals surface area contributed by atoms with Crippen LogP contribution >= 0.6 is 12.2 Å². The molecule has 1 atom stereocenters. The number of anilines is 1. The van der Waals surface area contributed by atoms with Crippen LogP contribution in [0.15, 0.2) is 36.4 Å². The fourth-order valence-electron chi connectivity index (χ4n) is 2.19. The number of nitrogens with one attached hydrogen (secondary N) is 1. The normalized spacial score (nSPS) is 17.8. The van der Waals surface area contributed by atoms with E-state index in [-0.39, 0.29) is 0 Å².